The third-order valence-corrected chi connectivity index (χ3v) is 23.0. The van der Waals surface area contributed by atoms with Gasteiger partial charge in [-0.05, 0) is 128 Å². The second-order valence-corrected chi connectivity index (χ2v) is 29.8. The Bertz CT molecular complexity index is 4080. The van der Waals surface area contributed by atoms with Crippen LogP contribution < -0.4 is 52.8 Å². The topological polar surface area (TPSA) is 59.2 Å². The van der Waals surface area contributed by atoms with Crippen LogP contribution in [0, 0.1) is 6.92 Å². The van der Waals surface area contributed by atoms with Crippen molar-refractivity contribution >= 4 is 120 Å². The Labute approximate surface area is 619 Å². The maximum atomic E-state index is 13.3. The van der Waals surface area contributed by atoms with E-state index in [1.54, 1.807) is 26.2 Å². The Hall–Kier alpha value is -7.33. The molecule has 3 nitrogen and oxygen atoms in total. The van der Waals surface area contributed by atoms with Gasteiger partial charge in [-0.25, -0.2) is 0 Å². The fourth-order valence-electron chi connectivity index (χ4n) is 11.3. The Balaban J connectivity index is 0.000000168. The van der Waals surface area contributed by atoms with Gasteiger partial charge in [0.05, 0.1) is 5.69 Å². The number of hydrogen-bond donors (Lipinski definition) is 0. The summed E-state index contributed by atoms with van der Waals surface area (Å²) >= 11 is 1.75. The molecule has 0 spiro atoms. The minimum atomic E-state index is -0.446. The normalized spacial score (nSPS) is 10.8. The second-order valence-electron chi connectivity index (χ2n) is 23.2. The molecule has 10 heteroatoms. The average Bonchev–Trinajstić information content (AvgIpc) is 0.770. The SMILES string of the molecule is Cc1cc(C=Nc2ccc3ccccc3c2-c2c([NH-])ccc3ccccc23)c([O-])c(C(C)(C)C)c1.[Au+].[Au+].[Cl][Au].c1ccc(P(c2ccccc2)c2ccccc2)cc1.c1ccc(P(c2ccccc2)c2ccccc2)cc1.c1ccc(P(c2ccccc2)c2ccccc2)cc1. The van der Waals surface area contributed by atoms with E-state index in [2.05, 4.69) is 333 Å². The second kappa shape index (κ2) is 38.0. The number of halogens is 1. The number of nitrogens with zero attached hydrogens (tertiary/aromatic N) is 1. The van der Waals surface area contributed by atoms with E-state index >= 15 is 0 Å². The molecule has 96 heavy (non-hydrogen) atoms. The molecule has 0 aliphatic carbocycles. The van der Waals surface area contributed by atoms with E-state index in [9.17, 15) is 5.11 Å². The monoisotopic (exact) mass is 1870 g/mol. The smallest absolute Gasteiger partial charge is 0.0134 e. The van der Waals surface area contributed by atoms with Gasteiger partial charge in [-0.15, -0.1) is 5.69 Å². The maximum Gasteiger partial charge on any atom is -0.0134 e. The summed E-state index contributed by atoms with van der Waals surface area (Å²) < 4.78 is 0. The summed E-state index contributed by atoms with van der Waals surface area (Å²) in [5.41, 5.74) is 13.9. The van der Waals surface area contributed by atoms with Gasteiger partial charge in [-0.2, -0.15) is 0 Å². The van der Waals surface area contributed by atoms with Crippen molar-refractivity contribution < 1.29 is 69.9 Å². The number of benzene rings is 14. The summed E-state index contributed by atoms with van der Waals surface area (Å²) in [4.78, 5) is 4.87. The summed E-state index contributed by atoms with van der Waals surface area (Å²) in [6, 6.07) is 125. The van der Waals surface area contributed by atoms with Gasteiger partial charge in [0.2, 0.25) is 0 Å². The Morgan fingerprint density at radius 3 is 0.906 bits per heavy atom. The number of hydrogen-bond acceptors (Lipinski definition) is 2. The summed E-state index contributed by atoms with van der Waals surface area (Å²) in [7, 11) is 3.25. The molecule has 14 aromatic carbocycles. The molecule has 0 heterocycles. The molecule has 0 aromatic heterocycles. The van der Waals surface area contributed by atoms with Crippen LogP contribution in [0.3, 0.4) is 0 Å². The number of aryl methyl sites for hydroxylation is 1. The molecule has 0 aliphatic heterocycles. The van der Waals surface area contributed by atoms with Gasteiger partial charge in [0, 0.05) is 11.8 Å². The van der Waals surface area contributed by atoms with Crippen molar-refractivity contribution in [2.24, 2.45) is 4.99 Å². The number of aliphatic imine (C=N–C) groups is 1. The van der Waals surface area contributed by atoms with Crippen LogP contribution in [0.5, 0.6) is 5.75 Å². The van der Waals surface area contributed by atoms with E-state index in [4.69, 9.17) is 10.7 Å². The van der Waals surface area contributed by atoms with E-state index in [1.165, 1.54) is 47.7 Å². The summed E-state index contributed by atoms with van der Waals surface area (Å²) in [5.74, 6) is 0.0144. The van der Waals surface area contributed by atoms with Crippen molar-refractivity contribution in [1.29, 1.82) is 0 Å². The summed E-state index contributed by atoms with van der Waals surface area (Å²) in [6.07, 6.45) is 1.69. The molecular weight excluding hydrogens is 1800 g/mol. The molecule has 14 aromatic rings. The van der Waals surface area contributed by atoms with Crippen LogP contribution in [0.4, 0.5) is 11.4 Å². The van der Waals surface area contributed by atoms with E-state index < -0.39 is 23.8 Å². The Kier molecular flexibility index (Phi) is 29.5. The van der Waals surface area contributed by atoms with Crippen LogP contribution in [0.15, 0.2) is 363 Å². The fourth-order valence-corrected chi connectivity index (χ4v) is 18.2. The molecule has 1 N–H and O–H groups in total. The standard InChI is InChI=1S/C32H29N2O.3C18H15P.3Au.ClH/c1-20-17-23(31(35)26(18-20)32(2,3)4)19-34-28-16-14-22-10-6-8-12-25(22)30(28)29-24-11-7-5-9-21(24)13-15-27(29)33;3*1-4-10-16(11-5-1)19(17-12-6-2-7-13-17)18-14-8-3-9-15-18;;;;/h5-19,33H,1-4H3,(H,34,35);3*1-15H;;;;1H/q-1;;;;3*+1;/p-2. The molecule has 0 fully saturated rings. The molecule has 0 bridgehead atoms. The Morgan fingerprint density at radius 1 is 0.354 bits per heavy atom. The third-order valence-electron chi connectivity index (χ3n) is 15.6. The van der Waals surface area contributed by atoms with Gasteiger partial charge >= 0.3 is 73.9 Å². The van der Waals surface area contributed by atoms with Gasteiger partial charge in [-0.3, -0.25) is 4.99 Å². The van der Waals surface area contributed by atoms with Crippen molar-refractivity contribution in [1.82, 2.24) is 0 Å². The predicted octanol–water partition coefficient (Wildman–Crippen LogP) is 19.8. The van der Waals surface area contributed by atoms with Crippen LogP contribution in [-0.4, -0.2) is 6.21 Å². The first-order valence-electron chi connectivity index (χ1n) is 31.2. The minimum Gasteiger partial charge on any atom is -0.0622 e. The summed E-state index contributed by atoms with van der Waals surface area (Å²) in [5, 5.41) is 30.1. The van der Waals surface area contributed by atoms with Gasteiger partial charge in [0.1, 0.15) is 0 Å². The minimum absolute atomic E-state index is 0. The first-order chi connectivity index (χ1) is 46.1. The first-order valence-corrected chi connectivity index (χ1v) is 37.9. The van der Waals surface area contributed by atoms with E-state index in [-0.39, 0.29) is 55.9 Å². The van der Waals surface area contributed by atoms with Crippen LogP contribution >= 0.6 is 33.0 Å². The zero-order valence-corrected chi connectivity index (χ0v) is 63.6. The molecule has 0 aliphatic rings. The molecule has 0 saturated heterocycles. The maximum absolute atomic E-state index is 13.3. The largest absolute Gasteiger partial charge is 0.0622 e. The van der Waals surface area contributed by atoms with Gasteiger partial charge in [0.15, 0.2) is 0 Å². The molecule has 0 saturated carbocycles. The molecule has 14 rings (SSSR count). The molecular formula is C86H73Au3ClN2OP3. The van der Waals surface area contributed by atoms with Crippen LogP contribution in [0.2, 0.25) is 0 Å². The summed E-state index contributed by atoms with van der Waals surface area (Å²) in [6.45, 7) is 8.18. The fraction of sp³-hybridized carbons (Fsp3) is 0.0581. The molecule has 488 valence electrons. The van der Waals surface area contributed by atoms with E-state index in [0.717, 1.165) is 49.5 Å². The van der Waals surface area contributed by atoms with E-state index in [0.29, 0.717) is 11.3 Å². The van der Waals surface area contributed by atoms with Crippen molar-refractivity contribution in [2.75, 3.05) is 0 Å². The van der Waals surface area contributed by atoms with Crippen molar-refractivity contribution in [2.45, 2.75) is 33.1 Å². The van der Waals surface area contributed by atoms with Crippen LogP contribution in [-0.2, 0) is 70.2 Å². The zero-order valence-electron chi connectivity index (χ0n) is 53.6. The zero-order chi connectivity index (χ0) is 65.5. The van der Waals surface area contributed by atoms with Crippen molar-refractivity contribution in [3.05, 3.63) is 380 Å². The molecule has 0 amide bonds. The van der Waals surface area contributed by atoms with Crippen LogP contribution in [0.25, 0.3) is 38.4 Å². The van der Waals surface area contributed by atoms with Gasteiger partial charge < -0.3 is 10.8 Å². The Morgan fingerprint density at radius 2 is 0.615 bits per heavy atom. The molecule has 0 unspecified atom stereocenters. The predicted molar refractivity (Wildman–Crippen MR) is 409 cm³/mol. The van der Waals surface area contributed by atoms with Crippen LogP contribution in [0.1, 0.15) is 37.5 Å². The first kappa shape index (κ1) is 74.5. The number of nitrogens with one attached hydrogen (secondary N) is 1. The number of fused-ring (bicyclic) bond motifs is 2. The molecule has 0 radical (unpaired) electrons. The average molecular weight is 1870 g/mol. The van der Waals surface area contributed by atoms with Gasteiger partial charge in [0.25, 0.3) is 0 Å². The quantitative estimate of drug-likeness (QED) is 0.0683. The van der Waals surface area contributed by atoms with Crippen molar-refractivity contribution in [3.63, 3.8) is 0 Å². The van der Waals surface area contributed by atoms with Crippen molar-refractivity contribution in [3.8, 4) is 16.9 Å². The third kappa shape index (κ3) is 19.7. The number of rotatable bonds is 12. The molecule has 0 atom stereocenters. The van der Waals surface area contributed by atoms with Gasteiger partial charge in [-0.1, -0.05) is 384 Å². The van der Waals surface area contributed by atoms with E-state index in [1.807, 2.05) is 61.5 Å².